The molecule has 0 aliphatic carbocycles. The van der Waals surface area contributed by atoms with Gasteiger partial charge in [-0.3, -0.25) is 4.79 Å². The van der Waals surface area contributed by atoms with Gasteiger partial charge in [-0.1, -0.05) is 41.4 Å². The normalized spacial score (nSPS) is 12.0. The molecular weight excluding hydrogens is 306 g/mol. The minimum atomic E-state index is -0.151. The first kappa shape index (κ1) is 16.0. The van der Waals surface area contributed by atoms with Crippen molar-refractivity contribution in [3.8, 4) is 5.75 Å². The number of amides is 1. The van der Waals surface area contributed by atoms with Crippen LogP contribution in [0.2, 0.25) is 0 Å². The molecule has 0 N–H and O–H groups in total. The van der Waals surface area contributed by atoms with E-state index < -0.39 is 0 Å². The molecule has 0 fully saturated rings. The molecule has 19 heavy (non-hydrogen) atoms. The highest BCUT2D eigenvalue weighted by Crippen LogP contribution is 2.16. The molecule has 0 saturated carbocycles. The SMILES string of the molecule is CCCCOc1cccc(CN(C)C(=O)C(C)Br)c1. The van der Waals surface area contributed by atoms with Crippen LogP contribution >= 0.6 is 15.9 Å². The minimum absolute atomic E-state index is 0.0808. The highest BCUT2D eigenvalue weighted by atomic mass is 79.9. The maximum absolute atomic E-state index is 11.8. The molecule has 0 radical (unpaired) electrons. The van der Waals surface area contributed by atoms with Gasteiger partial charge in [-0.05, 0) is 31.0 Å². The van der Waals surface area contributed by atoms with Crippen LogP contribution in [0.25, 0.3) is 0 Å². The summed E-state index contributed by atoms with van der Waals surface area (Å²) in [4.78, 5) is 13.4. The van der Waals surface area contributed by atoms with Gasteiger partial charge in [-0.15, -0.1) is 0 Å². The van der Waals surface area contributed by atoms with Crippen molar-refractivity contribution >= 4 is 21.8 Å². The largest absolute Gasteiger partial charge is 0.494 e. The van der Waals surface area contributed by atoms with E-state index in [1.807, 2.05) is 38.2 Å². The minimum Gasteiger partial charge on any atom is -0.494 e. The smallest absolute Gasteiger partial charge is 0.236 e. The van der Waals surface area contributed by atoms with E-state index in [2.05, 4.69) is 22.9 Å². The Hall–Kier alpha value is -1.03. The molecule has 3 nitrogen and oxygen atoms in total. The molecule has 1 atom stereocenters. The fraction of sp³-hybridized carbons (Fsp3) is 0.533. The fourth-order valence-electron chi connectivity index (χ4n) is 1.72. The summed E-state index contributed by atoms with van der Waals surface area (Å²) < 4.78 is 5.66. The maximum Gasteiger partial charge on any atom is 0.236 e. The van der Waals surface area contributed by atoms with Crippen LogP contribution < -0.4 is 4.74 Å². The summed E-state index contributed by atoms with van der Waals surface area (Å²) >= 11 is 3.29. The Kier molecular flexibility index (Phi) is 6.92. The van der Waals surface area contributed by atoms with Crippen LogP contribution in [0, 0.1) is 0 Å². The summed E-state index contributed by atoms with van der Waals surface area (Å²) in [6, 6.07) is 7.92. The van der Waals surface area contributed by atoms with Crippen LogP contribution in [0.1, 0.15) is 32.3 Å². The number of nitrogens with zero attached hydrogens (tertiary/aromatic N) is 1. The van der Waals surface area contributed by atoms with Crippen molar-refractivity contribution in [2.45, 2.75) is 38.1 Å². The molecule has 106 valence electrons. The number of ether oxygens (including phenoxy) is 1. The number of hydrogen-bond donors (Lipinski definition) is 0. The second kappa shape index (κ2) is 8.20. The predicted molar refractivity (Wildman–Crippen MR) is 81.7 cm³/mol. The third kappa shape index (κ3) is 5.64. The molecule has 1 rings (SSSR count). The van der Waals surface area contributed by atoms with E-state index in [1.165, 1.54) is 0 Å². The Morgan fingerprint density at radius 2 is 2.21 bits per heavy atom. The highest BCUT2D eigenvalue weighted by molar-refractivity contribution is 9.10. The second-order valence-electron chi connectivity index (χ2n) is 4.66. The summed E-state index contributed by atoms with van der Waals surface area (Å²) in [7, 11) is 1.81. The van der Waals surface area contributed by atoms with Crippen molar-refractivity contribution in [3.63, 3.8) is 0 Å². The van der Waals surface area contributed by atoms with Gasteiger partial charge in [0, 0.05) is 13.6 Å². The average molecular weight is 328 g/mol. The molecule has 0 spiro atoms. The number of hydrogen-bond acceptors (Lipinski definition) is 2. The average Bonchev–Trinajstić information content (AvgIpc) is 2.38. The summed E-state index contributed by atoms with van der Waals surface area (Å²) in [6.45, 7) is 5.32. The summed E-state index contributed by atoms with van der Waals surface area (Å²) in [5.74, 6) is 0.955. The van der Waals surface area contributed by atoms with E-state index >= 15 is 0 Å². The zero-order valence-corrected chi connectivity index (χ0v) is 13.4. The molecule has 0 aliphatic heterocycles. The standard InChI is InChI=1S/C15H22BrNO2/c1-4-5-9-19-14-8-6-7-13(10-14)11-17(3)15(18)12(2)16/h6-8,10,12H,4-5,9,11H2,1-3H3. The second-order valence-corrected chi connectivity index (χ2v) is 6.03. The van der Waals surface area contributed by atoms with E-state index in [-0.39, 0.29) is 10.7 Å². The van der Waals surface area contributed by atoms with Crippen molar-refractivity contribution in [1.82, 2.24) is 4.90 Å². The Morgan fingerprint density at radius 1 is 1.47 bits per heavy atom. The maximum atomic E-state index is 11.8. The Morgan fingerprint density at radius 3 is 2.84 bits per heavy atom. The van der Waals surface area contributed by atoms with Crippen molar-refractivity contribution in [3.05, 3.63) is 29.8 Å². The van der Waals surface area contributed by atoms with Crippen molar-refractivity contribution < 1.29 is 9.53 Å². The Labute approximate surface area is 124 Å². The zero-order valence-electron chi connectivity index (χ0n) is 11.9. The number of carbonyl (C=O) groups is 1. The van der Waals surface area contributed by atoms with Gasteiger partial charge in [0.25, 0.3) is 0 Å². The van der Waals surface area contributed by atoms with Gasteiger partial charge < -0.3 is 9.64 Å². The van der Waals surface area contributed by atoms with Gasteiger partial charge >= 0.3 is 0 Å². The van der Waals surface area contributed by atoms with Gasteiger partial charge in [-0.2, -0.15) is 0 Å². The lowest BCUT2D eigenvalue weighted by Crippen LogP contribution is -2.31. The quantitative estimate of drug-likeness (QED) is 0.565. The molecule has 0 saturated heterocycles. The Bertz CT molecular complexity index is 407. The van der Waals surface area contributed by atoms with E-state index in [9.17, 15) is 4.79 Å². The van der Waals surface area contributed by atoms with Gasteiger partial charge in [0.2, 0.25) is 5.91 Å². The molecule has 4 heteroatoms. The van der Waals surface area contributed by atoms with Crippen molar-refractivity contribution in [1.29, 1.82) is 0 Å². The van der Waals surface area contributed by atoms with E-state index in [0.717, 1.165) is 30.8 Å². The lowest BCUT2D eigenvalue weighted by molar-refractivity contribution is -0.129. The lowest BCUT2D eigenvalue weighted by Gasteiger charge is -2.19. The molecule has 1 aromatic carbocycles. The van der Waals surface area contributed by atoms with Crippen molar-refractivity contribution in [2.75, 3.05) is 13.7 Å². The number of rotatable bonds is 7. The fourth-order valence-corrected chi connectivity index (χ4v) is 2.07. The van der Waals surface area contributed by atoms with Crippen LogP contribution in [0.5, 0.6) is 5.75 Å². The van der Waals surface area contributed by atoms with Gasteiger partial charge in [0.15, 0.2) is 0 Å². The number of halogens is 1. The Balaban J connectivity index is 2.59. The molecule has 0 heterocycles. The zero-order chi connectivity index (χ0) is 14.3. The van der Waals surface area contributed by atoms with E-state index in [1.54, 1.807) is 4.90 Å². The molecule has 1 unspecified atom stereocenters. The van der Waals surface area contributed by atoms with Crippen LogP contribution in [0.15, 0.2) is 24.3 Å². The molecule has 0 aliphatic rings. The summed E-state index contributed by atoms with van der Waals surface area (Å²) in [5, 5.41) is 0. The predicted octanol–water partition coefficient (Wildman–Crippen LogP) is 3.61. The molecular formula is C15H22BrNO2. The van der Waals surface area contributed by atoms with Gasteiger partial charge in [-0.25, -0.2) is 0 Å². The number of alkyl halides is 1. The highest BCUT2D eigenvalue weighted by Gasteiger charge is 2.14. The van der Waals surface area contributed by atoms with Crippen LogP contribution in [-0.2, 0) is 11.3 Å². The van der Waals surface area contributed by atoms with Crippen LogP contribution in [0.3, 0.4) is 0 Å². The van der Waals surface area contributed by atoms with Crippen molar-refractivity contribution in [2.24, 2.45) is 0 Å². The molecule has 0 bridgehead atoms. The van der Waals surface area contributed by atoms with E-state index in [0.29, 0.717) is 6.54 Å². The van der Waals surface area contributed by atoms with E-state index in [4.69, 9.17) is 4.74 Å². The monoisotopic (exact) mass is 327 g/mol. The first-order chi connectivity index (χ1) is 9.04. The topological polar surface area (TPSA) is 29.5 Å². The lowest BCUT2D eigenvalue weighted by atomic mass is 10.2. The van der Waals surface area contributed by atoms with Gasteiger partial charge in [0.05, 0.1) is 11.4 Å². The number of benzene rings is 1. The van der Waals surface area contributed by atoms with Crippen LogP contribution in [0.4, 0.5) is 0 Å². The van der Waals surface area contributed by atoms with Crippen LogP contribution in [-0.4, -0.2) is 29.3 Å². The summed E-state index contributed by atoms with van der Waals surface area (Å²) in [6.07, 6.45) is 2.18. The number of carbonyl (C=O) groups excluding carboxylic acids is 1. The molecule has 1 amide bonds. The van der Waals surface area contributed by atoms with Gasteiger partial charge in [0.1, 0.15) is 5.75 Å². The molecule has 0 aromatic heterocycles. The number of unbranched alkanes of at least 4 members (excludes halogenated alkanes) is 1. The molecule has 1 aromatic rings. The summed E-state index contributed by atoms with van der Waals surface area (Å²) in [5.41, 5.74) is 1.08. The first-order valence-corrected chi connectivity index (χ1v) is 7.57. The first-order valence-electron chi connectivity index (χ1n) is 6.65. The third-order valence-electron chi connectivity index (χ3n) is 2.80. The third-order valence-corrected chi connectivity index (χ3v) is 3.19.